The molecule has 0 spiro atoms. The van der Waals surface area contributed by atoms with Crippen molar-refractivity contribution in [3.8, 4) is 11.1 Å². The van der Waals surface area contributed by atoms with Crippen LogP contribution in [0.15, 0.2) is 55.0 Å². The monoisotopic (exact) mass is 510 g/mol. The summed E-state index contributed by atoms with van der Waals surface area (Å²) in [5.74, 6) is -0.262. The van der Waals surface area contributed by atoms with Gasteiger partial charge in [0.1, 0.15) is 0 Å². The number of nitrogens with one attached hydrogen (secondary N) is 2. The van der Waals surface area contributed by atoms with Crippen LogP contribution < -0.4 is 10.2 Å². The van der Waals surface area contributed by atoms with E-state index in [1.807, 2.05) is 42.7 Å². The molecule has 6 rings (SSSR count). The first-order chi connectivity index (χ1) is 18.6. The summed E-state index contributed by atoms with van der Waals surface area (Å²) in [7, 11) is 2.15. The number of nitrogens with zero attached hydrogens (tertiary/aromatic N) is 6. The lowest BCUT2D eigenvalue weighted by Crippen LogP contribution is -2.43. The molecule has 3 aromatic heterocycles. The molecule has 9 nitrogen and oxygen atoms in total. The number of anilines is 2. The van der Waals surface area contributed by atoms with Crippen LogP contribution in [0.4, 0.5) is 11.4 Å². The lowest BCUT2D eigenvalue weighted by Gasteiger charge is -2.32. The van der Waals surface area contributed by atoms with Gasteiger partial charge in [-0.3, -0.25) is 24.8 Å². The van der Waals surface area contributed by atoms with E-state index in [0.29, 0.717) is 11.4 Å². The Hall–Kier alpha value is -3.82. The fraction of sp³-hybridized carbons (Fsp3) is 0.379. The number of aromatic nitrogens is 4. The number of benzene rings is 1. The van der Waals surface area contributed by atoms with Gasteiger partial charge in [0, 0.05) is 63.0 Å². The lowest BCUT2D eigenvalue weighted by atomic mass is 10.0. The van der Waals surface area contributed by atoms with Gasteiger partial charge in [-0.1, -0.05) is 6.07 Å². The SMILES string of the molecule is CN1CCN(Cc2ccc(NC(=O)c3n[nH]c4ccc(-c5cncc(N6CCCCC6)c5)cc34)cn2)CC1. The Morgan fingerprint density at radius 2 is 1.76 bits per heavy atom. The summed E-state index contributed by atoms with van der Waals surface area (Å²) in [6.07, 6.45) is 9.28. The maximum atomic E-state index is 13.2. The van der Waals surface area contributed by atoms with E-state index in [9.17, 15) is 4.79 Å². The molecule has 0 bridgehead atoms. The quantitative estimate of drug-likeness (QED) is 0.405. The summed E-state index contributed by atoms with van der Waals surface area (Å²) in [5.41, 5.74) is 6.03. The van der Waals surface area contributed by atoms with Crippen molar-refractivity contribution in [3.63, 3.8) is 0 Å². The Kier molecular flexibility index (Phi) is 7.02. The molecule has 5 heterocycles. The highest BCUT2D eigenvalue weighted by Gasteiger charge is 2.18. The number of piperidine rings is 1. The summed E-state index contributed by atoms with van der Waals surface area (Å²) in [6.45, 7) is 7.21. The standard InChI is InChI=1S/C29H34N8O/c1-35-11-13-36(14-12-35)20-24-7-6-23(18-31-24)32-29(38)28-26-16-21(5-8-27(26)33-34-28)22-15-25(19-30-17-22)37-9-3-2-4-10-37/h5-8,15-19H,2-4,9-14,20H2,1H3,(H,32,38)(H,33,34). The van der Waals surface area contributed by atoms with Crippen molar-refractivity contribution in [1.82, 2.24) is 30.0 Å². The van der Waals surface area contributed by atoms with Gasteiger partial charge in [-0.2, -0.15) is 5.10 Å². The topological polar surface area (TPSA) is 93.3 Å². The van der Waals surface area contributed by atoms with Crippen molar-refractivity contribution in [1.29, 1.82) is 0 Å². The Balaban J connectivity index is 1.16. The van der Waals surface area contributed by atoms with Crippen molar-refractivity contribution in [2.24, 2.45) is 0 Å². The number of hydrogen-bond donors (Lipinski definition) is 2. The number of carbonyl (C=O) groups excluding carboxylic acids is 1. The smallest absolute Gasteiger partial charge is 0.276 e. The zero-order valence-corrected chi connectivity index (χ0v) is 21.9. The molecule has 2 aliphatic rings. The Morgan fingerprint density at radius 1 is 0.921 bits per heavy atom. The largest absolute Gasteiger partial charge is 0.370 e. The van der Waals surface area contributed by atoms with Crippen molar-refractivity contribution in [2.75, 3.05) is 56.5 Å². The molecular formula is C29H34N8O. The molecule has 38 heavy (non-hydrogen) atoms. The van der Waals surface area contributed by atoms with E-state index in [-0.39, 0.29) is 5.91 Å². The molecule has 2 N–H and O–H groups in total. The highest BCUT2D eigenvalue weighted by atomic mass is 16.1. The van der Waals surface area contributed by atoms with Crippen LogP contribution in [0, 0.1) is 0 Å². The number of carbonyl (C=O) groups is 1. The molecule has 1 amide bonds. The molecule has 1 aromatic carbocycles. The fourth-order valence-electron chi connectivity index (χ4n) is 5.29. The zero-order valence-electron chi connectivity index (χ0n) is 21.9. The highest BCUT2D eigenvalue weighted by molar-refractivity contribution is 6.11. The maximum absolute atomic E-state index is 13.2. The number of amides is 1. The van der Waals surface area contributed by atoms with Crippen molar-refractivity contribution in [2.45, 2.75) is 25.8 Å². The van der Waals surface area contributed by atoms with Crippen LogP contribution in [0.25, 0.3) is 22.0 Å². The third kappa shape index (κ3) is 5.39. The minimum Gasteiger partial charge on any atom is -0.370 e. The number of H-pyrrole nitrogens is 1. The second-order valence-corrected chi connectivity index (χ2v) is 10.4. The number of fused-ring (bicyclic) bond motifs is 1. The number of aromatic amines is 1. The van der Waals surface area contributed by atoms with Crippen LogP contribution in [-0.4, -0.2) is 82.2 Å². The van der Waals surface area contributed by atoms with E-state index in [0.717, 1.165) is 79.2 Å². The first kappa shape index (κ1) is 24.5. The van der Waals surface area contributed by atoms with Gasteiger partial charge < -0.3 is 15.1 Å². The molecule has 0 saturated carbocycles. The summed E-state index contributed by atoms with van der Waals surface area (Å²) in [5, 5.41) is 11.1. The molecule has 2 aliphatic heterocycles. The van der Waals surface area contributed by atoms with Gasteiger partial charge in [0.25, 0.3) is 5.91 Å². The molecule has 9 heteroatoms. The minimum absolute atomic E-state index is 0.262. The molecule has 2 saturated heterocycles. The van der Waals surface area contributed by atoms with E-state index < -0.39 is 0 Å². The third-order valence-corrected chi connectivity index (χ3v) is 7.62. The van der Waals surface area contributed by atoms with Gasteiger partial charge >= 0.3 is 0 Å². The second kappa shape index (κ2) is 10.9. The Bertz CT molecular complexity index is 1400. The van der Waals surface area contributed by atoms with Gasteiger partial charge in [0.15, 0.2) is 5.69 Å². The minimum atomic E-state index is -0.262. The number of pyridine rings is 2. The van der Waals surface area contributed by atoms with Gasteiger partial charge in [-0.15, -0.1) is 0 Å². The van der Waals surface area contributed by atoms with Gasteiger partial charge in [0.05, 0.1) is 35.0 Å². The molecule has 0 unspecified atom stereocenters. The number of hydrogen-bond acceptors (Lipinski definition) is 7. The van der Waals surface area contributed by atoms with E-state index in [4.69, 9.17) is 0 Å². The first-order valence-corrected chi connectivity index (χ1v) is 13.5. The van der Waals surface area contributed by atoms with Crippen LogP contribution in [-0.2, 0) is 6.54 Å². The zero-order chi connectivity index (χ0) is 25.9. The summed E-state index contributed by atoms with van der Waals surface area (Å²) in [4.78, 5) is 29.4. The average Bonchev–Trinajstić information content (AvgIpc) is 3.39. The Morgan fingerprint density at radius 3 is 2.55 bits per heavy atom. The van der Waals surface area contributed by atoms with Crippen LogP contribution in [0.1, 0.15) is 35.4 Å². The van der Waals surface area contributed by atoms with Crippen LogP contribution >= 0.6 is 0 Å². The van der Waals surface area contributed by atoms with E-state index in [1.54, 1.807) is 6.20 Å². The van der Waals surface area contributed by atoms with Crippen LogP contribution in [0.2, 0.25) is 0 Å². The van der Waals surface area contributed by atoms with E-state index >= 15 is 0 Å². The van der Waals surface area contributed by atoms with Crippen molar-refractivity contribution < 1.29 is 4.79 Å². The first-order valence-electron chi connectivity index (χ1n) is 13.5. The number of likely N-dealkylation sites (N-methyl/N-ethyl adjacent to an activating group) is 1. The lowest BCUT2D eigenvalue weighted by molar-refractivity contribution is 0.102. The average molecular weight is 511 g/mol. The van der Waals surface area contributed by atoms with Crippen molar-refractivity contribution in [3.05, 3.63) is 66.4 Å². The number of rotatable bonds is 6. The molecule has 2 fully saturated rings. The summed E-state index contributed by atoms with van der Waals surface area (Å²) >= 11 is 0. The summed E-state index contributed by atoms with van der Waals surface area (Å²) < 4.78 is 0. The molecule has 0 atom stereocenters. The third-order valence-electron chi connectivity index (χ3n) is 7.62. The van der Waals surface area contributed by atoms with E-state index in [2.05, 4.69) is 53.3 Å². The normalized spacial score (nSPS) is 17.1. The molecule has 0 aliphatic carbocycles. The predicted molar refractivity (Wildman–Crippen MR) is 150 cm³/mol. The second-order valence-electron chi connectivity index (χ2n) is 10.4. The van der Waals surface area contributed by atoms with E-state index in [1.165, 1.54) is 19.3 Å². The highest BCUT2D eigenvalue weighted by Crippen LogP contribution is 2.29. The predicted octanol–water partition coefficient (Wildman–Crippen LogP) is 4.01. The van der Waals surface area contributed by atoms with Gasteiger partial charge in [-0.05, 0) is 62.2 Å². The molecule has 196 valence electrons. The summed E-state index contributed by atoms with van der Waals surface area (Å²) in [6, 6.07) is 12.1. The van der Waals surface area contributed by atoms with Crippen LogP contribution in [0.5, 0.6) is 0 Å². The van der Waals surface area contributed by atoms with Crippen LogP contribution in [0.3, 0.4) is 0 Å². The molecular weight excluding hydrogens is 476 g/mol. The van der Waals surface area contributed by atoms with Crippen molar-refractivity contribution >= 4 is 28.2 Å². The molecule has 0 radical (unpaired) electrons. The Labute approximate surface area is 222 Å². The maximum Gasteiger partial charge on any atom is 0.276 e. The number of piperazine rings is 1. The van der Waals surface area contributed by atoms with Gasteiger partial charge in [0.2, 0.25) is 0 Å². The fourth-order valence-corrected chi connectivity index (χ4v) is 5.29. The van der Waals surface area contributed by atoms with Gasteiger partial charge in [-0.25, -0.2) is 0 Å². The molecule has 4 aromatic rings.